The molecule has 1 aliphatic heterocycles. The number of nitrogens with two attached hydrogens (primary N) is 1. The molecule has 1 aromatic heterocycles. The maximum atomic E-state index is 13.2. The first-order valence-electron chi connectivity index (χ1n) is 11.1. The van der Waals surface area contributed by atoms with Gasteiger partial charge in [-0.25, -0.2) is 4.79 Å². The largest absolute Gasteiger partial charge is 0.383 e. The number of nitrogens with one attached hydrogen (secondary N) is 1. The zero-order chi connectivity index (χ0) is 24.3. The fraction of sp³-hybridized carbons (Fsp3) is 0.435. The monoisotopic (exact) mass is 455 g/mol. The highest BCUT2D eigenvalue weighted by molar-refractivity contribution is 6.21. The molecule has 0 bridgehead atoms. The second-order valence-corrected chi connectivity index (χ2v) is 8.45. The van der Waals surface area contributed by atoms with E-state index < -0.39 is 29.0 Å². The van der Waals surface area contributed by atoms with Gasteiger partial charge in [0, 0.05) is 26.1 Å². The summed E-state index contributed by atoms with van der Waals surface area (Å²) in [5, 5.41) is 0. The molecule has 10 heteroatoms. The summed E-state index contributed by atoms with van der Waals surface area (Å²) in [6.07, 6.45) is 1.30. The van der Waals surface area contributed by atoms with Gasteiger partial charge in [-0.2, -0.15) is 0 Å². The van der Waals surface area contributed by atoms with Crippen LogP contribution in [0.15, 0.2) is 33.9 Å². The number of carbonyl (C=O) groups excluding carboxylic acids is 3. The quantitative estimate of drug-likeness (QED) is 0.551. The van der Waals surface area contributed by atoms with Gasteiger partial charge in [0.1, 0.15) is 5.82 Å². The van der Waals surface area contributed by atoms with Gasteiger partial charge in [-0.1, -0.05) is 39.3 Å². The van der Waals surface area contributed by atoms with E-state index in [2.05, 4.69) is 4.98 Å². The Morgan fingerprint density at radius 2 is 1.67 bits per heavy atom. The lowest BCUT2D eigenvalue weighted by Crippen LogP contribution is -2.44. The number of anilines is 2. The van der Waals surface area contributed by atoms with Gasteiger partial charge in [-0.3, -0.25) is 33.6 Å². The van der Waals surface area contributed by atoms with Crippen LogP contribution in [0.1, 0.15) is 60.7 Å². The maximum absolute atomic E-state index is 13.2. The van der Waals surface area contributed by atoms with Gasteiger partial charge in [0.25, 0.3) is 17.4 Å². The fourth-order valence-corrected chi connectivity index (χ4v) is 3.84. The van der Waals surface area contributed by atoms with Crippen LogP contribution in [0.4, 0.5) is 11.5 Å². The molecular formula is C23H29N5O5. The molecule has 176 valence electrons. The van der Waals surface area contributed by atoms with E-state index in [1.54, 1.807) is 24.3 Å². The third-order valence-electron chi connectivity index (χ3n) is 5.50. The van der Waals surface area contributed by atoms with Gasteiger partial charge < -0.3 is 10.6 Å². The smallest absolute Gasteiger partial charge is 0.330 e. The molecule has 10 nitrogen and oxygen atoms in total. The predicted octanol–water partition coefficient (Wildman–Crippen LogP) is 1.59. The summed E-state index contributed by atoms with van der Waals surface area (Å²) in [6, 6.07) is 6.49. The predicted molar refractivity (Wildman–Crippen MR) is 124 cm³/mol. The Balaban J connectivity index is 1.88. The van der Waals surface area contributed by atoms with E-state index in [1.807, 2.05) is 20.8 Å². The number of amides is 3. The van der Waals surface area contributed by atoms with Crippen LogP contribution in [0.25, 0.3) is 0 Å². The summed E-state index contributed by atoms with van der Waals surface area (Å²) in [5.41, 5.74) is 5.33. The minimum Gasteiger partial charge on any atom is -0.383 e. The second kappa shape index (κ2) is 9.85. The van der Waals surface area contributed by atoms with E-state index in [0.717, 1.165) is 11.3 Å². The molecule has 0 radical (unpaired) electrons. The van der Waals surface area contributed by atoms with Gasteiger partial charge in [0.2, 0.25) is 5.91 Å². The highest BCUT2D eigenvalue weighted by Crippen LogP contribution is 2.24. The van der Waals surface area contributed by atoms with Gasteiger partial charge in [0.05, 0.1) is 11.1 Å². The van der Waals surface area contributed by atoms with Crippen molar-refractivity contribution < 1.29 is 14.4 Å². The highest BCUT2D eigenvalue weighted by Gasteiger charge is 2.35. The van der Waals surface area contributed by atoms with Crippen molar-refractivity contribution in [3.05, 3.63) is 56.2 Å². The standard InChI is InChI=1S/C23H29N5O5/c1-4-5-11-26-19(24)18(20(30)25-23(26)33)28(13-14(2)3)17(29)10-12-27-21(31)15-8-6-7-9-16(15)22(27)32/h6-9,14H,4-5,10-13,24H2,1-3H3,(H,25,30,33). The molecule has 1 aromatic carbocycles. The molecular weight excluding hydrogens is 426 g/mol. The zero-order valence-electron chi connectivity index (χ0n) is 19.1. The Kier molecular flexibility index (Phi) is 7.15. The zero-order valence-corrected chi connectivity index (χ0v) is 19.1. The molecule has 2 aromatic rings. The van der Waals surface area contributed by atoms with Crippen molar-refractivity contribution in [1.29, 1.82) is 0 Å². The van der Waals surface area contributed by atoms with Gasteiger partial charge in [-0.05, 0) is 24.5 Å². The van der Waals surface area contributed by atoms with Crippen LogP contribution in [0.3, 0.4) is 0 Å². The van der Waals surface area contributed by atoms with Crippen molar-refractivity contribution in [2.24, 2.45) is 5.92 Å². The summed E-state index contributed by atoms with van der Waals surface area (Å²) in [4.78, 5) is 67.9. The molecule has 2 heterocycles. The van der Waals surface area contributed by atoms with Crippen molar-refractivity contribution in [3.63, 3.8) is 0 Å². The van der Waals surface area contributed by atoms with Crippen LogP contribution < -0.4 is 21.9 Å². The number of rotatable bonds is 9. The summed E-state index contributed by atoms with van der Waals surface area (Å²) in [7, 11) is 0. The van der Waals surface area contributed by atoms with E-state index in [-0.39, 0.29) is 36.9 Å². The van der Waals surface area contributed by atoms with E-state index in [4.69, 9.17) is 5.73 Å². The first kappa shape index (κ1) is 24.0. The van der Waals surface area contributed by atoms with Crippen LogP contribution in [0, 0.1) is 5.92 Å². The molecule has 3 N–H and O–H groups in total. The summed E-state index contributed by atoms with van der Waals surface area (Å²) < 4.78 is 1.25. The Morgan fingerprint density at radius 3 is 2.21 bits per heavy atom. The van der Waals surface area contributed by atoms with Crippen molar-refractivity contribution >= 4 is 29.2 Å². The lowest BCUT2D eigenvalue weighted by atomic mass is 10.1. The number of nitrogens with zero attached hydrogens (tertiary/aromatic N) is 3. The van der Waals surface area contributed by atoms with Crippen molar-refractivity contribution in [2.45, 2.75) is 46.6 Å². The second-order valence-electron chi connectivity index (χ2n) is 8.45. The number of imide groups is 1. The summed E-state index contributed by atoms with van der Waals surface area (Å²) >= 11 is 0. The number of fused-ring (bicyclic) bond motifs is 1. The van der Waals surface area contributed by atoms with Crippen molar-refractivity contribution in [2.75, 3.05) is 23.7 Å². The number of benzene rings is 1. The Bertz CT molecular complexity index is 1160. The number of hydrogen-bond donors (Lipinski definition) is 2. The number of aromatic amines is 1. The molecule has 1 aliphatic rings. The third kappa shape index (κ3) is 4.74. The maximum Gasteiger partial charge on any atom is 0.330 e. The van der Waals surface area contributed by atoms with Crippen LogP contribution in [-0.4, -0.2) is 45.3 Å². The lowest BCUT2D eigenvalue weighted by Gasteiger charge is -2.26. The molecule has 0 saturated carbocycles. The van der Waals surface area contributed by atoms with Crippen LogP contribution in [-0.2, 0) is 11.3 Å². The molecule has 0 saturated heterocycles. The summed E-state index contributed by atoms with van der Waals surface area (Å²) in [6.45, 7) is 6.07. The average Bonchev–Trinajstić information content (AvgIpc) is 3.01. The SMILES string of the molecule is CCCCn1c(N)c(N(CC(C)C)C(=O)CCN2C(=O)c3ccccc3C2=O)c(=O)[nH]c1=O. The fourth-order valence-electron chi connectivity index (χ4n) is 3.84. The van der Waals surface area contributed by atoms with Crippen LogP contribution >= 0.6 is 0 Å². The number of aromatic nitrogens is 2. The Hall–Kier alpha value is -3.69. The molecule has 0 atom stereocenters. The van der Waals surface area contributed by atoms with Crippen LogP contribution in [0.5, 0.6) is 0 Å². The first-order valence-corrected chi connectivity index (χ1v) is 11.1. The Labute approximate surface area is 191 Å². The van der Waals surface area contributed by atoms with Gasteiger partial charge >= 0.3 is 5.69 Å². The van der Waals surface area contributed by atoms with E-state index in [0.29, 0.717) is 24.1 Å². The third-order valence-corrected chi connectivity index (χ3v) is 5.50. The van der Waals surface area contributed by atoms with Gasteiger partial charge in [0.15, 0.2) is 5.69 Å². The molecule has 0 unspecified atom stereocenters. The molecule has 3 rings (SSSR count). The van der Waals surface area contributed by atoms with Crippen molar-refractivity contribution in [1.82, 2.24) is 14.5 Å². The molecule has 0 spiro atoms. The normalized spacial score (nSPS) is 13.0. The van der Waals surface area contributed by atoms with Crippen molar-refractivity contribution in [3.8, 4) is 0 Å². The average molecular weight is 456 g/mol. The number of hydrogen-bond acceptors (Lipinski definition) is 6. The minimum atomic E-state index is -0.750. The molecule has 33 heavy (non-hydrogen) atoms. The lowest BCUT2D eigenvalue weighted by molar-refractivity contribution is -0.118. The minimum absolute atomic E-state index is 0.0110. The van der Waals surface area contributed by atoms with Crippen LogP contribution in [0.2, 0.25) is 0 Å². The first-order chi connectivity index (χ1) is 15.7. The topological polar surface area (TPSA) is 139 Å². The number of carbonyl (C=O) groups is 3. The number of unbranched alkanes of at least 4 members (excludes halogenated alkanes) is 1. The highest BCUT2D eigenvalue weighted by atomic mass is 16.2. The van der Waals surface area contributed by atoms with E-state index >= 15 is 0 Å². The molecule has 0 aliphatic carbocycles. The van der Waals surface area contributed by atoms with Gasteiger partial charge in [-0.15, -0.1) is 0 Å². The number of nitrogen functional groups attached to an aromatic ring is 1. The molecule has 3 amide bonds. The number of H-pyrrole nitrogens is 1. The van der Waals surface area contributed by atoms with E-state index in [1.165, 1.54) is 9.47 Å². The Morgan fingerprint density at radius 1 is 1.06 bits per heavy atom. The summed E-state index contributed by atoms with van der Waals surface area (Å²) in [5.74, 6) is -1.47. The van der Waals surface area contributed by atoms with E-state index in [9.17, 15) is 24.0 Å². The molecule has 0 fully saturated rings.